The van der Waals surface area contributed by atoms with Gasteiger partial charge in [0.2, 0.25) is 5.91 Å². The number of unbranched alkanes of at least 4 members (excludes halogenated alkanes) is 1. The minimum absolute atomic E-state index is 0.0865. The van der Waals surface area contributed by atoms with E-state index in [-0.39, 0.29) is 11.8 Å². The second-order valence-electron chi connectivity index (χ2n) is 7.15. The van der Waals surface area contributed by atoms with Gasteiger partial charge in [-0.05, 0) is 44.2 Å². The molecule has 2 aromatic rings. The molecule has 1 aromatic heterocycles. The van der Waals surface area contributed by atoms with Crippen LogP contribution in [0.2, 0.25) is 0 Å². The van der Waals surface area contributed by atoms with Crippen molar-refractivity contribution in [3.63, 3.8) is 0 Å². The molecule has 3 rings (SSSR count). The van der Waals surface area contributed by atoms with Gasteiger partial charge in [0.25, 0.3) is 5.91 Å². The lowest BCUT2D eigenvalue weighted by Crippen LogP contribution is -2.54. The molecule has 0 unspecified atom stereocenters. The zero-order chi connectivity index (χ0) is 20.6. The van der Waals surface area contributed by atoms with Gasteiger partial charge in [0.05, 0.1) is 18.1 Å². The molecule has 0 aliphatic carbocycles. The predicted molar refractivity (Wildman–Crippen MR) is 107 cm³/mol. The van der Waals surface area contributed by atoms with Crippen molar-refractivity contribution in [3.8, 4) is 5.69 Å². The molecule has 0 saturated carbocycles. The summed E-state index contributed by atoms with van der Waals surface area (Å²) in [5.41, 5.74) is 1.25. The maximum atomic E-state index is 13.0. The van der Waals surface area contributed by atoms with Crippen LogP contribution in [-0.2, 0) is 9.59 Å². The van der Waals surface area contributed by atoms with Gasteiger partial charge in [0, 0.05) is 38.2 Å². The van der Waals surface area contributed by atoms with E-state index in [2.05, 4.69) is 20.5 Å². The van der Waals surface area contributed by atoms with E-state index in [9.17, 15) is 14.4 Å². The largest absolute Gasteiger partial charge is 0.340 e. The lowest BCUT2D eigenvalue weighted by Gasteiger charge is -2.34. The molecule has 2 heterocycles. The highest BCUT2D eigenvalue weighted by atomic mass is 16.2. The Labute approximate surface area is 169 Å². The molecule has 1 saturated heterocycles. The van der Waals surface area contributed by atoms with E-state index in [1.165, 1.54) is 0 Å². The average molecular weight is 398 g/mol. The number of hydrogen-bond acceptors (Lipinski definition) is 6. The second-order valence-corrected chi connectivity index (χ2v) is 7.15. The fourth-order valence-electron chi connectivity index (χ4n) is 3.26. The lowest BCUT2D eigenvalue weighted by molar-refractivity contribution is -0.135. The van der Waals surface area contributed by atoms with Crippen molar-refractivity contribution in [1.29, 1.82) is 0 Å². The number of nitrogens with one attached hydrogen (secondary N) is 1. The van der Waals surface area contributed by atoms with Crippen LogP contribution in [0.4, 0.5) is 0 Å². The fraction of sp³-hybridized carbons (Fsp3) is 0.450. The van der Waals surface area contributed by atoms with Gasteiger partial charge >= 0.3 is 0 Å². The third kappa shape index (κ3) is 5.47. The molecule has 0 spiro atoms. The molecule has 2 amide bonds. The maximum Gasteiger partial charge on any atom is 0.251 e. The summed E-state index contributed by atoms with van der Waals surface area (Å²) in [6, 6.07) is 6.28. The number of hydrogen-bond donors (Lipinski definition) is 1. The summed E-state index contributed by atoms with van der Waals surface area (Å²) in [5, 5.41) is 10.5. The molecule has 1 aromatic carbocycles. The van der Waals surface area contributed by atoms with E-state index in [0.717, 1.165) is 25.1 Å². The summed E-state index contributed by atoms with van der Waals surface area (Å²) in [4.78, 5) is 40.3. The van der Waals surface area contributed by atoms with Crippen LogP contribution >= 0.6 is 0 Å². The Morgan fingerprint density at radius 1 is 1.17 bits per heavy atom. The average Bonchev–Trinajstić information content (AvgIpc) is 3.28. The Hall–Kier alpha value is -3.07. The Morgan fingerprint density at radius 3 is 2.52 bits per heavy atom. The zero-order valence-electron chi connectivity index (χ0n) is 16.5. The molecule has 9 heteroatoms. The highest BCUT2D eigenvalue weighted by Gasteiger charge is 2.28. The van der Waals surface area contributed by atoms with Crippen LogP contribution in [0.15, 0.2) is 36.7 Å². The summed E-state index contributed by atoms with van der Waals surface area (Å²) < 4.78 is 1.60. The van der Waals surface area contributed by atoms with E-state index in [1.807, 2.05) is 7.05 Å². The quantitative estimate of drug-likeness (QED) is 0.514. The molecule has 0 radical (unpaired) electrons. The van der Waals surface area contributed by atoms with Crippen LogP contribution in [0.25, 0.3) is 5.69 Å². The van der Waals surface area contributed by atoms with E-state index < -0.39 is 6.04 Å². The van der Waals surface area contributed by atoms with Crippen LogP contribution in [0.5, 0.6) is 0 Å². The highest BCUT2D eigenvalue weighted by molar-refractivity contribution is 5.97. The monoisotopic (exact) mass is 398 g/mol. The van der Waals surface area contributed by atoms with E-state index in [0.29, 0.717) is 37.9 Å². The number of piperazine rings is 1. The topological polar surface area (TPSA) is 100 Å². The molecule has 0 bridgehead atoms. The standard InChI is InChI=1S/C20H26N6O3/c1-24-11-13-25(14-12-24)20(29)18(4-2-3-15-27)22-19(28)16-5-7-17(8-6-16)26-10-9-21-23-26/h5-10,15,18H,2-4,11-14H2,1H3,(H,22,28)/t18-/m0/s1. The van der Waals surface area contributed by atoms with Crippen molar-refractivity contribution < 1.29 is 14.4 Å². The minimum Gasteiger partial charge on any atom is -0.340 e. The zero-order valence-corrected chi connectivity index (χ0v) is 16.5. The first-order valence-electron chi connectivity index (χ1n) is 9.77. The van der Waals surface area contributed by atoms with Crippen molar-refractivity contribution in [3.05, 3.63) is 42.2 Å². The van der Waals surface area contributed by atoms with Crippen LogP contribution in [0, 0.1) is 0 Å². The Bertz CT molecular complexity index is 813. The molecule has 1 aliphatic heterocycles. The Balaban J connectivity index is 1.66. The number of carbonyl (C=O) groups excluding carboxylic acids is 3. The van der Waals surface area contributed by atoms with Crippen LogP contribution in [-0.4, -0.2) is 82.2 Å². The molecule has 1 N–H and O–H groups in total. The molecule has 154 valence electrons. The summed E-state index contributed by atoms with van der Waals surface area (Å²) in [5.74, 6) is -0.398. The molecule has 29 heavy (non-hydrogen) atoms. The van der Waals surface area contributed by atoms with Gasteiger partial charge < -0.3 is 19.9 Å². The van der Waals surface area contributed by atoms with E-state index in [4.69, 9.17) is 0 Å². The number of rotatable bonds is 8. The third-order valence-electron chi connectivity index (χ3n) is 5.05. The van der Waals surface area contributed by atoms with Crippen molar-refractivity contribution >= 4 is 18.1 Å². The number of amides is 2. The van der Waals surface area contributed by atoms with Crippen LogP contribution in [0.1, 0.15) is 29.6 Å². The first-order chi connectivity index (χ1) is 14.1. The van der Waals surface area contributed by atoms with Gasteiger partial charge in [-0.15, -0.1) is 5.10 Å². The molecule has 1 fully saturated rings. The van der Waals surface area contributed by atoms with Crippen molar-refractivity contribution in [2.45, 2.75) is 25.3 Å². The predicted octanol–water partition coefficient (Wildman–Crippen LogP) is 0.509. The fourth-order valence-corrected chi connectivity index (χ4v) is 3.26. The number of aldehydes is 1. The Morgan fingerprint density at radius 2 is 1.90 bits per heavy atom. The van der Waals surface area contributed by atoms with E-state index >= 15 is 0 Å². The minimum atomic E-state index is -0.638. The van der Waals surface area contributed by atoms with Gasteiger partial charge in [-0.2, -0.15) is 0 Å². The van der Waals surface area contributed by atoms with Crippen molar-refractivity contribution in [2.75, 3.05) is 33.2 Å². The van der Waals surface area contributed by atoms with Crippen LogP contribution < -0.4 is 5.32 Å². The highest BCUT2D eigenvalue weighted by Crippen LogP contribution is 2.11. The van der Waals surface area contributed by atoms with Crippen molar-refractivity contribution in [1.82, 2.24) is 30.1 Å². The number of benzene rings is 1. The molecule has 1 atom stereocenters. The van der Waals surface area contributed by atoms with E-state index in [1.54, 1.807) is 46.2 Å². The summed E-state index contributed by atoms with van der Waals surface area (Å²) in [6.07, 6.45) is 5.49. The smallest absolute Gasteiger partial charge is 0.251 e. The first-order valence-corrected chi connectivity index (χ1v) is 9.77. The normalized spacial score (nSPS) is 15.7. The second kappa shape index (κ2) is 9.92. The molecular formula is C20H26N6O3. The molecule has 1 aliphatic rings. The number of likely N-dealkylation sites (N-methyl/N-ethyl adjacent to an activating group) is 1. The lowest BCUT2D eigenvalue weighted by atomic mass is 10.1. The summed E-state index contributed by atoms with van der Waals surface area (Å²) in [6.45, 7) is 2.90. The number of nitrogens with zero attached hydrogens (tertiary/aromatic N) is 5. The van der Waals surface area contributed by atoms with Gasteiger partial charge in [-0.25, -0.2) is 4.68 Å². The summed E-state index contributed by atoms with van der Waals surface area (Å²) in [7, 11) is 2.02. The van der Waals surface area contributed by atoms with Crippen LogP contribution in [0.3, 0.4) is 0 Å². The Kier molecular flexibility index (Phi) is 7.07. The van der Waals surface area contributed by atoms with Gasteiger partial charge in [-0.1, -0.05) is 5.21 Å². The SMILES string of the molecule is CN1CCN(C(=O)[C@H](CCCC=O)NC(=O)c2ccc(-n3ccnn3)cc2)CC1. The van der Waals surface area contributed by atoms with Gasteiger partial charge in [0.15, 0.2) is 0 Å². The summed E-state index contributed by atoms with van der Waals surface area (Å²) >= 11 is 0. The van der Waals surface area contributed by atoms with Gasteiger partial charge in [-0.3, -0.25) is 9.59 Å². The molecular weight excluding hydrogens is 372 g/mol. The van der Waals surface area contributed by atoms with Crippen molar-refractivity contribution in [2.24, 2.45) is 0 Å². The first kappa shape index (κ1) is 20.7. The molecule has 9 nitrogen and oxygen atoms in total. The number of carbonyl (C=O) groups is 3. The van der Waals surface area contributed by atoms with Gasteiger partial charge in [0.1, 0.15) is 12.3 Å². The third-order valence-corrected chi connectivity index (χ3v) is 5.05. The maximum absolute atomic E-state index is 13.0. The number of aromatic nitrogens is 3.